The van der Waals surface area contributed by atoms with Gasteiger partial charge in [0.05, 0.1) is 18.8 Å². The van der Waals surface area contributed by atoms with Crippen LogP contribution in [0.2, 0.25) is 0 Å². The number of ether oxygens (including phenoxy) is 1. The molecule has 0 aliphatic carbocycles. The average molecular weight is 392 g/mol. The van der Waals surface area contributed by atoms with Gasteiger partial charge in [-0.15, -0.1) is 11.3 Å². The van der Waals surface area contributed by atoms with Gasteiger partial charge >= 0.3 is 0 Å². The van der Waals surface area contributed by atoms with Gasteiger partial charge < -0.3 is 19.8 Å². The Kier molecular flexibility index (Phi) is 6.11. The van der Waals surface area contributed by atoms with Gasteiger partial charge in [0.25, 0.3) is 0 Å². The summed E-state index contributed by atoms with van der Waals surface area (Å²) in [6, 6.07) is 2.90. The summed E-state index contributed by atoms with van der Waals surface area (Å²) < 4.78 is 33.2. The zero-order chi connectivity index (χ0) is 18.0. The van der Waals surface area contributed by atoms with Crippen LogP contribution in [0.25, 0.3) is 0 Å². The standard InChI is InChI=1S/C15H25N3O5S2/c1-17-4-6-18(7-5-17)14-11(23-12(10-19)15(14)20)9-16-25(21,22)13-3-2-8-24-13/h2-3,8,11-12,14-16,19-20H,4-7,9-10H2,1H3. The van der Waals surface area contributed by atoms with E-state index in [0.717, 1.165) is 37.5 Å². The minimum Gasteiger partial charge on any atom is -0.394 e. The fraction of sp³-hybridized carbons (Fsp3) is 0.733. The molecule has 4 unspecified atom stereocenters. The molecule has 0 spiro atoms. The Morgan fingerprint density at radius 1 is 1.32 bits per heavy atom. The summed E-state index contributed by atoms with van der Waals surface area (Å²) in [6.45, 7) is 3.06. The predicted octanol–water partition coefficient (Wildman–Crippen LogP) is -1.24. The highest BCUT2D eigenvalue weighted by Gasteiger charge is 2.46. The van der Waals surface area contributed by atoms with E-state index in [4.69, 9.17) is 4.74 Å². The zero-order valence-electron chi connectivity index (χ0n) is 14.1. The first-order valence-electron chi connectivity index (χ1n) is 8.32. The molecule has 1 aromatic heterocycles. The van der Waals surface area contributed by atoms with Gasteiger partial charge in [0.1, 0.15) is 16.4 Å². The lowest BCUT2D eigenvalue weighted by molar-refractivity contribution is -0.0201. The first-order chi connectivity index (χ1) is 11.9. The third-order valence-corrected chi connectivity index (χ3v) is 7.66. The number of sulfonamides is 1. The van der Waals surface area contributed by atoms with E-state index in [1.54, 1.807) is 17.5 Å². The molecule has 0 radical (unpaired) electrons. The SMILES string of the molecule is CN1CCN(C2C(CNS(=O)(=O)c3cccs3)OC(CO)C2O)CC1. The lowest BCUT2D eigenvalue weighted by atomic mass is 10.0. The van der Waals surface area contributed by atoms with Crippen molar-refractivity contribution in [3.05, 3.63) is 17.5 Å². The molecule has 2 aliphatic heterocycles. The van der Waals surface area contributed by atoms with Crippen LogP contribution >= 0.6 is 11.3 Å². The van der Waals surface area contributed by atoms with Gasteiger partial charge in [0.15, 0.2) is 0 Å². The van der Waals surface area contributed by atoms with Crippen molar-refractivity contribution >= 4 is 21.4 Å². The van der Waals surface area contributed by atoms with Crippen LogP contribution < -0.4 is 4.72 Å². The quantitative estimate of drug-likeness (QED) is 0.558. The van der Waals surface area contributed by atoms with Gasteiger partial charge in [-0.25, -0.2) is 13.1 Å². The van der Waals surface area contributed by atoms with Crippen LogP contribution in [-0.2, 0) is 14.8 Å². The van der Waals surface area contributed by atoms with E-state index in [2.05, 4.69) is 14.5 Å². The number of thiophene rings is 1. The highest BCUT2D eigenvalue weighted by Crippen LogP contribution is 2.27. The van der Waals surface area contributed by atoms with Gasteiger partial charge in [0, 0.05) is 32.7 Å². The first kappa shape index (κ1) is 19.2. The maximum atomic E-state index is 12.3. The van der Waals surface area contributed by atoms with Crippen molar-refractivity contribution in [3.8, 4) is 0 Å². The van der Waals surface area contributed by atoms with Crippen LogP contribution in [0.3, 0.4) is 0 Å². The molecule has 3 heterocycles. The molecule has 4 atom stereocenters. The van der Waals surface area contributed by atoms with E-state index in [9.17, 15) is 18.6 Å². The third-order valence-electron chi connectivity index (χ3n) is 4.84. The van der Waals surface area contributed by atoms with Crippen molar-refractivity contribution in [1.29, 1.82) is 0 Å². The molecule has 0 aromatic carbocycles. The van der Waals surface area contributed by atoms with E-state index in [1.807, 2.05) is 7.05 Å². The lowest BCUT2D eigenvalue weighted by Gasteiger charge is -2.39. The summed E-state index contributed by atoms with van der Waals surface area (Å²) >= 11 is 1.15. The van der Waals surface area contributed by atoms with Crippen molar-refractivity contribution in [2.45, 2.75) is 28.6 Å². The van der Waals surface area contributed by atoms with E-state index in [1.165, 1.54) is 0 Å². The minimum absolute atomic E-state index is 0.0603. The molecule has 2 aliphatic rings. The summed E-state index contributed by atoms with van der Waals surface area (Å²) in [5.41, 5.74) is 0. The number of piperazine rings is 1. The molecule has 8 nitrogen and oxygen atoms in total. The van der Waals surface area contributed by atoms with Crippen molar-refractivity contribution in [2.75, 3.05) is 46.4 Å². The van der Waals surface area contributed by atoms with E-state index < -0.39 is 28.3 Å². The van der Waals surface area contributed by atoms with Crippen LogP contribution in [0.15, 0.2) is 21.7 Å². The molecule has 2 fully saturated rings. The topological polar surface area (TPSA) is 102 Å². The van der Waals surface area contributed by atoms with Crippen molar-refractivity contribution in [3.63, 3.8) is 0 Å². The van der Waals surface area contributed by atoms with Gasteiger partial charge in [-0.3, -0.25) is 4.90 Å². The third kappa shape index (κ3) is 4.22. The van der Waals surface area contributed by atoms with E-state index in [-0.39, 0.29) is 23.4 Å². The molecule has 3 rings (SSSR count). The van der Waals surface area contributed by atoms with Crippen molar-refractivity contribution < 1.29 is 23.4 Å². The number of aliphatic hydroxyl groups is 2. The van der Waals surface area contributed by atoms with Gasteiger partial charge in [0.2, 0.25) is 10.0 Å². The first-order valence-corrected chi connectivity index (χ1v) is 10.7. The van der Waals surface area contributed by atoms with Crippen molar-refractivity contribution in [2.24, 2.45) is 0 Å². The Morgan fingerprint density at radius 3 is 2.64 bits per heavy atom. The maximum absolute atomic E-state index is 12.3. The van der Waals surface area contributed by atoms with Gasteiger partial charge in [-0.05, 0) is 18.5 Å². The molecule has 3 N–H and O–H groups in total. The second-order valence-corrected chi connectivity index (χ2v) is 9.44. The van der Waals surface area contributed by atoms with Crippen LogP contribution in [0.4, 0.5) is 0 Å². The summed E-state index contributed by atoms with van der Waals surface area (Å²) in [4.78, 5) is 4.33. The predicted molar refractivity (Wildman–Crippen MR) is 94.1 cm³/mol. The number of rotatable bonds is 6. The largest absolute Gasteiger partial charge is 0.394 e. The summed E-state index contributed by atoms with van der Waals surface area (Å²) in [5.74, 6) is 0. The Bertz CT molecular complexity index is 646. The highest BCUT2D eigenvalue weighted by molar-refractivity contribution is 7.91. The Balaban J connectivity index is 1.69. The Hall–Kier alpha value is -0.590. The molecule has 0 saturated carbocycles. The number of likely N-dealkylation sites (N-methyl/N-ethyl adjacent to an activating group) is 1. The Labute approximate surface area is 152 Å². The monoisotopic (exact) mass is 391 g/mol. The number of aliphatic hydroxyl groups excluding tert-OH is 2. The van der Waals surface area contributed by atoms with E-state index >= 15 is 0 Å². The van der Waals surface area contributed by atoms with E-state index in [0.29, 0.717) is 0 Å². The van der Waals surface area contributed by atoms with Crippen molar-refractivity contribution in [1.82, 2.24) is 14.5 Å². The number of nitrogens with zero attached hydrogens (tertiary/aromatic N) is 2. The zero-order valence-corrected chi connectivity index (χ0v) is 15.7. The molecule has 25 heavy (non-hydrogen) atoms. The highest BCUT2D eigenvalue weighted by atomic mass is 32.2. The average Bonchev–Trinajstić information content (AvgIpc) is 3.23. The van der Waals surface area contributed by atoms with Crippen LogP contribution in [0, 0.1) is 0 Å². The molecule has 0 amide bonds. The minimum atomic E-state index is -3.59. The molecule has 142 valence electrons. The Morgan fingerprint density at radius 2 is 2.04 bits per heavy atom. The normalized spacial score (nSPS) is 32.3. The summed E-state index contributed by atoms with van der Waals surface area (Å²) in [7, 11) is -1.55. The van der Waals surface area contributed by atoms with Crippen LogP contribution in [-0.4, -0.2) is 99.2 Å². The number of hydrogen-bond acceptors (Lipinski definition) is 8. The van der Waals surface area contributed by atoms with Crippen LogP contribution in [0.5, 0.6) is 0 Å². The molecular weight excluding hydrogens is 366 g/mol. The summed E-state index contributed by atoms with van der Waals surface area (Å²) in [6.07, 6.45) is -2.05. The molecular formula is C15H25N3O5S2. The lowest BCUT2D eigenvalue weighted by Crippen LogP contribution is -2.56. The summed E-state index contributed by atoms with van der Waals surface area (Å²) in [5, 5.41) is 21.7. The second kappa shape index (κ2) is 7.97. The van der Waals surface area contributed by atoms with Crippen LogP contribution in [0.1, 0.15) is 0 Å². The molecule has 1 aromatic rings. The molecule has 2 saturated heterocycles. The fourth-order valence-electron chi connectivity index (χ4n) is 3.40. The van der Waals surface area contributed by atoms with Gasteiger partial charge in [-0.1, -0.05) is 6.07 Å². The molecule has 0 bridgehead atoms. The number of nitrogens with one attached hydrogen (secondary N) is 1. The fourth-order valence-corrected chi connectivity index (χ4v) is 5.48. The second-order valence-electron chi connectivity index (χ2n) is 6.50. The molecule has 10 heteroatoms. The maximum Gasteiger partial charge on any atom is 0.250 e. The van der Waals surface area contributed by atoms with Gasteiger partial charge in [-0.2, -0.15) is 0 Å². The number of hydrogen-bond donors (Lipinski definition) is 3. The smallest absolute Gasteiger partial charge is 0.250 e.